The maximum Gasteiger partial charge on any atom is 0.161 e. The lowest BCUT2D eigenvalue weighted by Gasteiger charge is -2.37. The fraction of sp³-hybridized carbons (Fsp3) is 0.0370. The van der Waals surface area contributed by atoms with Crippen LogP contribution in [0.2, 0.25) is 0 Å². The van der Waals surface area contributed by atoms with Crippen molar-refractivity contribution in [2.45, 2.75) is 6.42 Å². The monoisotopic (exact) mass is 755 g/mol. The highest BCUT2D eigenvalue weighted by atomic mass is 32.1. The molecule has 1 unspecified atom stereocenters. The van der Waals surface area contributed by atoms with Crippen LogP contribution in [0.15, 0.2) is 210 Å². The van der Waals surface area contributed by atoms with Crippen LogP contribution in [-0.2, 0) is 0 Å². The van der Waals surface area contributed by atoms with Crippen LogP contribution in [0.25, 0.3) is 86.7 Å². The average Bonchev–Trinajstić information content (AvgIpc) is 3.84. The quantitative estimate of drug-likeness (QED) is 0.179. The van der Waals surface area contributed by atoms with Crippen molar-refractivity contribution in [2.24, 2.45) is 5.92 Å². The first-order valence-electron chi connectivity index (χ1n) is 20.0. The van der Waals surface area contributed by atoms with Gasteiger partial charge in [-0.15, -0.1) is 11.3 Å². The van der Waals surface area contributed by atoms with Gasteiger partial charge in [-0.05, 0) is 76.1 Å². The second kappa shape index (κ2) is 12.2. The number of aromatic nitrogens is 3. The molecule has 0 saturated heterocycles. The minimum absolute atomic E-state index is 0.198. The van der Waals surface area contributed by atoms with E-state index in [1.54, 1.807) is 0 Å². The van der Waals surface area contributed by atoms with E-state index in [0.29, 0.717) is 0 Å². The molecule has 58 heavy (non-hydrogen) atoms. The smallest absolute Gasteiger partial charge is 0.161 e. The van der Waals surface area contributed by atoms with Crippen LogP contribution in [0.3, 0.4) is 0 Å². The van der Waals surface area contributed by atoms with E-state index >= 15 is 0 Å². The molecule has 0 fully saturated rings. The minimum atomic E-state index is 0.198. The van der Waals surface area contributed by atoms with E-state index in [1.165, 1.54) is 69.7 Å². The van der Waals surface area contributed by atoms with E-state index in [0.717, 1.165) is 56.9 Å². The standard InChI is InChI=1S/C54H33N3S/c1-3-12-32(13-4-1)44-31-45(37-26-24-35-23-22-33-14-11-15-34-25-27-39(37)50(35)49(33)34)56-54(55-44)43-30-47-51(42-19-7-9-20-46(42)57(47)36-16-5-2-6-17-36)52-40(43)28-29-41-38-18-8-10-21-48(38)58-53(41)52/h1-14,16-31,50H,15H2. The summed E-state index contributed by atoms with van der Waals surface area (Å²) in [6.07, 6.45) is 19.4. The van der Waals surface area contributed by atoms with Gasteiger partial charge in [-0.25, -0.2) is 9.97 Å². The van der Waals surface area contributed by atoms with Crippen molar-refractivity contribution in [3.8, 4) is 28.3 Å². The maximum absolute atomic E-state index is 5.62. The lowest BCUT2D eigenvalue weighted by Crippen LogP contribution is -2.22. The Morgan fingerprint density at radius 1 is 0.586 bits per heavy atom. The molecule has 3 nitrogen and oxygen atoms in total. The van der Waals surface area contributed by atoms with Gasteiger partial charge in [-0.2, -0.15) is 0 Å². The summed E-state index contributed by atoms with van der Waals surface area (Å²) in [5.41, 5.74) is 15.3. The first-order chi connectivity index (χ1) is 28.8. The number of nitrogens with zero attached hydrogens (tertiary/aromatic N) is 3. The van der Waals surface area contributed by atoms with Gasteiger partial charge in [-0.3, -0.25) is 0 Å². The van der Waals surface area contributed by atoms with E-state index in [-0.39, 0.29) is 5.92 Å². The van der Waals surface area contributed by atoms with Gasteiger partial charge in [0.25, 0.3) is 0 Å². The number of thiophene rings is 1. The molecule has 0 aliphatic heterocycles. The molecular weight excluding hydrogens is 723 g/mol. The number of fused-ring (bicyclic) bond motifs is 9. The zero-order valence-electron chi connectivity index (χ0n) is 31.4. The fourth-order valence-corrected chi connectivity index (χ4v) is 11.2. The molecule has 13 rings (SSSR count). The molecule has 1 atom stereocenters. The highest BCUT2D eigenvalue weighted by Crippen LogP contribution is 2.51. The molecule has 0 amide bonds. The van der Waals surface area contributed by atoms with Crippen LogP contribution < -0.4 is 0 Å². The third-order valence-electron chi connectivity index (χ3n) is 12.5. The number of para-hydroxylation sites is 2. The Balaban J connectivity index is 1.14. The summed E-state index contributed by atoms with van der Waals surface area (Å²) in [5.74, 6) is 0.921. The molecule has 0 radical (unpaired) electrons. The van der Waals surface area contributed by atoms with Gasteiger partial charge in [0.05, 0.1) is 22.4 Å². The molecule has 6 aromatic carbocycles. The van der Waals surface area contributed by atoms with Crippen LogP contribution in [-0.4, -0.2) is 14.5 Å². The van der Waals surface area contributed by atoms with Crippen molar-refractivity contribution in [1.29, 1.82) is 0 Å². The molecular formula is C54H33N3S. The summed E-state index contributed by atoms with van der Waals surface area (Å²) in [6, 6.07) is 48.2. The van der Waals surface area contributed by atoms with Crippen molar-refractivity contribution in [3.63, 3.8) is 0 Å². The zero-order valence-corrected chi connectivity index (χ0v) is 32.2. The van der Waals surface area contributed by atoms with Crippen LogP contribution in [0.1, 0.15) is 12.1 Å². The highest BCUT2D eigenvalue weighted by molar-refractivity contribution is 7.26. The molecule has 3 heterocycles. The van der Waals surface area contributed by atoms with Gasteiger partial charge < -0.3 is 4.57 Å². The summed E-state index contributed by atoms with van der Waals surface area (Å²) in [6.45, 7) is 0. The second-order valence-corrected chi connectivity index (χ2v) is 16.7. The van der Waals surface area contributed by atoms with Gasteiger partial charge in [0.2, 0.25) is 0 Å². The minimum Gasteiger partial charge on any atom is -0.309 e. The molecule has 270 valence electrons. The SMILES string of the molecule is C1=CC2=C3C(=CC=C4C(c5cc(-c6ccccc6)nc(-c6cc7c(c8ccccc8n7-c7ccccc7)c7c6ccc6c8ccccc8sc67)n5)=CC=C(C=C2)C43)C1. The van der Waals surface area contributed by atoms with Gasteiger partial charge in [0.15, 0.2) is 5.82 Å². The van der Waals surface area contributed by atoms with Crippen LogP contribution in [0, 0.1) is 5.92 Å². The van der Waals surface area contributed by atoms with Crippen molar-refractivity contribution in [3.05, 3.63) is 216 Å². The molecule has 3 aromatic heterocycles. The molecule has 9 aromatic rings. The molecule has 0 spiro atoms. The summed E-state index contributed by atoms with van der Waals surface area (Å²) < 4.78 is 5.01. The zero-order chi connectivity index (χ0) is 37.9. The Labute approximate surface area is 338 Å². The van der Waals surface area contributed by atoms with Crippen molar-refractivity contribution >= 4 is 69.7 Å². The Hall–Kier alpha value is -7.14. The van der Waals surface area contributed by atoms with Gasteiger partial charge in [0.1, 0.15) is 0 Å². The lowest BCUT2D eigenvalue weighted by molar-refractivity contribution is 0.835. The molecule has 4 aliphatic rings. The fourth-order valence-electron chi connectivity index (χ4n) is 9.97. The third kappa shape index (κ3) is 4.55. The number of benzene rings is 6. The predicted molar refractivity (Wildman–Crippen MR) is 243 cm³/mol. The van der Waals surface area contributed by atoms with Crippen LogP contribution >= 0.6 is 11.3 Å². The Bertz CT molecular complexity index is 3510. The first kappa shape index (κ1) is 32.0. The number of hydrogen-bond donors (Lipinski definition) is 0. The topological polar surface area (TPSA) is 30.7 Å². The number of allylic oxidation sites excluding steroid dienone is 14. The number of rotatable bonds is 4. The largest absolute Gasteiger partial charge is 0.309 e. The van der Waals surface area contributed by atoms with E-state index < -0.39 is 0 Å². The summed E-state index contributed by atoms with van der Waals surface area (Å²) >= 11 is 1.88. The van der Waals surface area contributed by atoms with E-state index in [1.807, 2.05) is 11.3 Å². The van der Waals surface area contributed by atoms with E-state index in [9.17, 15) is 0 Å². The molecule has 0 N–H and O–H groups in total. The second-order valence-electron chi connectivity index (χ2n) is 15.6. The first-order valence-corrected chi connectivity index (χ1v) is 20.8. The van der Waals surface area contributed by atoms with Crippen LogP contribution in [0.5, 0.6) is 0 Å². The van der Waals surface area contributed by atoms with E-state index in [2.05, 4.69) is 187 Å². The molecule has 0 saturated carbocycles. The normalized spacial score (nSPS) is 16.9. The maximum atomic E-state index is 5.62. The van der Waals surface area contributed by atoms with Crippen molar-refractivity contribution in [1.82, 2.24) is 14.5 Å². The van der Waals surface area contributed by atoms with Gasteiger partial charge >= 0.3 is 0 Å². The highest BCUT2D eigenvalue weighted by Gasteiger charge is 2.35. The summed E-state index contributed by atoms with van der Waals surface area (Å²) in [5, 5.41) is 7.48. The summed E-state index contributed by atoms with van der Waals surface area (Å²) in [7, 11) is 0. The van der Waals surface area contributed by atoms with E-state index in [4.69, 9.17) is 9.97 Å². The molecule has 4 heteroatoms. The summed E-state index contributed by atoms with van der Waals surface area (Å²) in [4.78, 5) is 11.1. The lowest BCUT2D eigenvalue weighted by atomic mass is 9.67. The predicted octanol–water partition coefficient (Wildman–Crippen LogP) is 14.1. The average molecular weight is 756 g/mol. The number of hydrogen-bond acceptors (Lipinski definition) is 3. The van der Waals surface area contributed by atoms with Crippen LogP contribution in [0.4, 0.5) is 0 Å². The third-order valence-corrected chi connectivity index (χ3v) is 13.7. The van der Waals surface area contributed by atoms with Crippen molar-refractivity contribution < 1.29 is 0 Å². The van der Waals surface area contributed by atoms with Crippen molar-refractivity contribution in [2.75, 3.05) is 0 Å². The van der Waals surface area contributed by atoms with Gasteiger partial charge in [0, 0.05) is 64.6 Å². The molecule has 4 aliphatic carbocycles. The molecule has 0 bridgehead atoms. The van der Waals surface area contributed by atoms with Gasteiger partial charge in [-0.1, -0.05) is 146 Å². The Morgan fingerprint density at radius 2 is 1.36 bits per heavy atom. The Kier molecular flexibility index (Phi) is 6.72. The Morgan fingerprint density at radius 3 is 2.26 bits per heavy atom.